The lowest BCUT2D eigenvalue weighted by Crippen LogP contribution is -2.59. The van der Waals surface area contributed by atoms with Crippen LogP contribution in [0.15, 0.2) is 0 Å². The van der Waals surface area contributed by atoms with Gasteiger partial charge in [-0.1, -0.05) is 0 Å². The van der Waals surface area contributed by atoms with Crippen molar-refractivity contribution >= 4 is 17.7 Å². The van der Waals surface area contributed by atoms with Gasteiger partial charge in [0.15, 0.2) is 0 Å². The average molecular weight is 262 g/mol. The number of carbonyl (C=O) groups is 3. The second-order valence-corrected chi connectivity index (χ2v) is 6.57. The maximum atomic E-state index is 12.6. The third kappa shape index (κ3) is 1.44. The highest BCUT2D eigenvalue weighted by atomic mass is 16.2. The molecule has 0 spiro atoms. The number of hydrogen-bond acceptors (Lipinski definition) is 3. The summed E-state index contributed by atoms with van der Waals surface area (Å²) >= 11 is 0. The predicted octanol–water partition coefficient (Wildman–Crippen LogP) is 0.152. The Kier molecular flexibility index (Phi) is 2.16. The van der Waals surface area contributed by atoms with Gasteiger partial charge in [-0.25, -0.2) is 0 Å². The van der Waals surface area contributed by atoms with Crippen LogP contribution in [-0.2, 0) is 14.4 Å². The molecule has 0 aromatic heterocycles. The largest absolute Gasteiger partial charge is 0.321 e. The van der Waals surface area contributed by atoms with Gasteiger partial charge in [0.1, 0.15) is 12.6 Å². The molecule has 1 aliphatic heterocycles. The minimum absolute atomic E-state index is 0.0387. The summed E-state index contributed by atoms with van der Waals surface area (Å²) in [6, 6.07) is -0.510. The zero-order valence-electron chi connectivity index (χ0n) is 11.0. The van der Waals surface area contributed by atoms with E-state index in [1.807, 2.05) is 0 Å². The summed E-state index contributed by atoms with van der Waals surface area (Å²) in [5.41, 5.74) is 0. The van der Waals surface area contributed by atoms with Crippen LogP contribution in [-0.4, -0.2) is 35.2 Å². The second kappa shape index (κ2) is 3.58. The van der Waals surface area contributed by atoms with Crippen molar-refractivity contribution in [2.24, 2.45) is 29.6 Å². The number of carbonyl (C=O) groups excluding carboxylic acids is 3. The zero-order chi connectivity index (χ0) is 13.3. The van der Waals surface area contributed by atoms with E-state index in [0.29, 0.717) is 11.8 Å². The second-order valence-electron chi connectivity index (χ2n) is 6.57. The molecular formula is C14H18N2O3. The molecule has 4 rings (SSSR count). The van der Waals surface area contributed by atoms with Gasteiger partial charge in [-0.15, -0.1) is 0 Å². The molecule has 5 atom stereocenters. The quantitative estimate of drug-likeness (QED) is 0.684. The van der Waals surface area contributed by atoms with Crippen molar-refractivity contribution in [1.82, 2.24) is 10.2 Å². The van der Waals surface area contributed by atoms with Crippen molar-refractivity contribution in [3.05, 3.63) is 0 Å². The molecule has 5 nitrogen and oxygen atoms in total. The highest BCUT2D eigenvalue weighted by Crippen LogP contribution is 2.69. The molecule has 3 aliphatic carbocycles. The van der Waals surface area contributed by atoms with E-state index in [2.05, 4.69) is 5.32 Å². The molecule has 0 radical (unpaired) electrons. The molecule has 5 heteroatoms. The average Bonchev–Trinajstić information content (AvgIpc) is 2.81. The fraction of sp³-hybridized carbons (Fsp3) is 0.786. The van der Waals surface area contributed by atoms with Crippen LogP contribution < -0.4 is 5.32 Å². The normalized spacial score (nSPS) is 47.1. The standard InChI is InChI=1S/C14H18N2O3/c1-6-13(18)15-9(17)5-16(6)14(19)12-10-7-2-3-8(4-7)11(10)12/h6-8,10-12H,2-5H2,1H3,(H,15,17,18). The van der Waals surface area contributed by atoms with Crippen LogP contribution in [0.3, 0.4) is 0 Å². The monoisotopic (exact) mass is 262 g/mol. The molecule has 0 aromatic rings. The van der Waals surface area contributed by atoms with Gasteiger partial charge in [0.2, 0.25) is 17.7 Å². The van der Waals surface area contributed by atoms with Crippen LogP contribution in [0.25, 0.3) is 0 Å². The molecule has 3 saturated carbocycles. The van der Waals surface area contributed by atoms with Gasteiger partial charge in [-0.05, 0) is 49.9 Å². The van der Waals surface area contributed by atoms with Crippen molar-refractivity contribution in [2.45, 2.75) is 32.2 Å². The number of piperazine rings is 1. The van der Waals surface area contributed by atoms with Gasteiger partial charge in [0.05, 0.1) is 0 Å². The number of rotatable bonds is 1. The van der Waals surface area contributed by atoms with E-state index in [9.17, 15) is 14.4 Å². The summed E-state index contributed by atoms with van der Waals surface area (Å²) in [4.78, 5) is 37.1. The zero-order valence-corrected chi connectivity index (χ0v) is 11.0. The van der Waals surface area contributed by atoms with Crippen molar-refractivity contribution in [3.63, 3.8) is 0 Å². The first kappa shape index (κ1) is 11.4. The molecule has 2 bridgehead atoms. The lowest BCUT2D eigenvalue weighted by atomic mass is 10.0. The summed E-state index contributed by atoms with van der Waals surface area (Å²) in [5, 5.41) is 2.28. The van der Waals surface area contributed by atoms with Crippen LogP contribution in [0, 0.1) is 29.6 Å². The molecule has 4 fully saturated rings. The Bertz CT molecular complexity index is 473. The summed E-state index contributed by atoms with van der Waals surface area (Å²) in [6.45, 7) is 1.74. The van der Waals surface area contributed by atoms with Gasteiger partial charge in [-0.2, -0.15) is 0 Å². The van der Waals surface area contributed by atoms with Crippen LogP contribution in [0.1, 0.15) is 26.2 Å². The van der Waals surface area contributed by atoms with E-state index >= 15 is 0 Å². The van der Waals surface area contributed by atoms with Gasteiger partial charge < -0.3 is 4.90 Å². The summed E-state index contributed by atoms with van der Waals surface area (Å²) in [5.74, 6) is 2.01. The lowest BCUT2D eigenvalue weighted by Gasteiger charge is -2.32. The molecular weight excluding hydrogens is 244 g/mol. The Morgan fingerprint density at radius 1 is 1.21 bits per heavy atom. The predicted molar refractivity (Wildman–Crippen MR) is 65.6 cm³/mol. The minimum atomic E-state index is -0.510. The fourth-order valence-corrected chi connectivity index (χ4v) is 4.83. The topological polar surface area (TPSA) is 66.5 Å². The molecule has 19 heavy (non-hydrogen) atoms. The Morgan fingerprint density at radius 3 is 2.47 bits per heavy atom. The minimum Gasteiger partial charge on any atom is -0.321 e. The van der Waals surface area contributed by atoms with Crippen LogP contribution >= 0.6 is 0 Å². The highest BCUT2D eigenvalue weighted by Gasteiger charge is 2.68. The van der Waals surface area contributed by atoms with Gasteiger partial charge in [0.25, 0.3) is 0 Å². The first-order valence-corrected chi connectivity index (χ1v) is 7.22. The highest BCUT2D eigenvalue weighted by molar-refractivity contribution is 6.04. The number of nitrogens with one attached hydrogen (secondary N) is 1. The summed E-state index contributed by atoms with van der Waals surface area (Å²) in [7, 11) is 0. The van der Waals surface area contributed by atoms with E-state index in [-0.39, 0.29) is 30.2 Å². The van der Waals surface area contributed by atoms with E-state index in [1.54, 1.807) is 6.92 Å². The van der Waals surface area contributed by atoms with Gasteiger partial charge in [0, 0.05) is 5.92 Å². The Balaban J connectivity index is 1.52. The molecule has 102 valence electrons. The van der Waals surface area contributed by atoms with Crippen LogP contribution in [0.4, 0.5) is 0 Å². The van der Waals surface area contributed by atoms with E-state index in [0.717, 1.165) is 11.8 Å². The Hall–Kier alpha value is -1.39. The number of fused-ring (bicyclic) bond motifs is 5. The number of hydrogen-bond donors (Lipinski definition) is 1. The molecule has 1 heterocycles. The van der Waals surface area contributed by atoms with E-state index in [1.165, 1.54) is 24.2 Å². The fourth-order valence-electron chi connectivity index (χ4n) is 4.83. The number of amides is 3. The van der Waals surface area contributed by atoms with Gasteiger partial charge in [-0.3, -0.25) is 19.7 Å². The van der Waals surface area contributed by atoms with Crippen molar-refractivity contribution in [2.75, 3.05) is 6.54 Å². The van der Waals surface area contributed by atoms with E-state index < -0.39 is 6.04 Å². The van der Waals surface area contributed by atoms with Gasteiger partial charge >= 0.3 is 0 Å². The lowest BCUT2D eigenvalue weighted by molar-refractivity contribution is -0.150. The van der Waals surface area contributed by atoms with E-state index in [4.69, 9.17) is 0 Å². The number of imide groups is 1. The molecule has 4 aliphatic rings. The first-order chi connectivity index (χ1) is 9.08. The van der Waals surface area contributed by atoms with Crippen molar-refractivity contribution < 1.29 is 14.4 Å². The maximum absolute atomic E-state index is 12.6. The molecule has 0 aromatic carbocycles. The molecule has 3 amide bonds. The van der Waals surface area contributed by atoms with Crippen molar-refractivity contribution in [1.29, 1.82) is 0 Å². The maximum Gasteiger partial charge on any atom is 0.249 e. The third-order valence-corrected chi connectivity index (χ3v) is 5.73. The summed E-state index contributed by atoms with van der Waals surface area (Å²) < 4.78 is 0. The molecule has 1 N–H and O–H groups in total. The SMILES string of the molecule is CC1C(=O)NC(=O)CN1C(=O)C1C2C3CCC(C3)C12. The first-order valence-electron chi connectivity index (χ1n) is 7.22. The van der Waals surface area contributed by atoms with Crippen LogP contribution in [0.5, 0.6) is 0 Å². The Labute approximate surface area is 111 Å². The number of nitrogens with zero attached hydrogens (tertiary/aromatic N) is 1. The summed E-state index contributed by atoms with van der Waals surface area (Å²) in [6.07, 6.45) is 3.84. The van der Waals surface area contributed by atoms with Crippen molar-refractivity contribution in [3.8, 4) is 0 Å². The van der Waals surface area contributed by atoms with Crippen LogP contribution in [0.2, 0.25) is 0 Å². The Morgan fingerprint density at radius 2 is 1.84 bits per heavy atom. The molecule has 1 saturated heterocycles. The third-order valence-electron chi connectivity index (χ3n) is 5.73. The smallest absolute Gasteiger partial charge is 0.249 e. The molecule has 5 unspecified atom stereocenters.